The molecule has 2 N–H and O–H groups in total. The number of hydrogen-bond donors (Lipinski definition) is 1. The summed E-state index contributed by atoms with van der Waals surface area (Å²) in [6.07, 6.45) is 2.19. The van der Waals surface area contributed by atoms with Gasteiger partial charge < -0.3 is 20.0 Å². The summed E-state index contributed by atoms with van der Waals surface area (Å²) >= 11 is 0. The van der Waals surface area contributed by atoms with Crippen molar-refractivity contribution >= 4 is 24.1 Å². The molecule has 130 valence electrons. The molecule has 0 aromatic carbocycles. The van der Waals surface area contributed by atoms with Crippen LogP contribution in [0.5, 0.6) is 0 Å². The molecule has 4 amide bonds. The van der Waals surface area contributed by atoms with Gasteiger partial charge >= 0.3 is 11.8 Å². The first-order chi connectivity index (χ1) is 11.6. The number of piperazine rings is 1. The van der Waals surface area contributed by atoms with E-state index in [2.05, 4.69) is 0 Å². The van der Waals surface area contributed by atoms with Crippen LogP contribution in [0.4, 0.5) is 0 Å². The predicted molar refractivity (Wildman–Crippen MR) is 82.6 cm³/mol. The van der Waals surface area contributed by atoms with Gasteiger partial charge in [0.15, 0.2) is 5.76 Å². The van der Waals surface area contributed by atoms with Crippen LogP contribution in [0, 0.1) is 0 Å². The molecule has 1 aliphatic rings. The molecule has 0 bridgehead atoms. The summed E-state index contributed by atoms with van der Waals surface area (Å²) in [6, 6.07) is 3.20. The van der Waals surface area contributed by atoms with Crippen LogP contribution in [0.1, 0.15) is 17.0 Å². The number of imide groups is 1. The van der Waals surface area contributed by atoms with E-state index in [1.165, 1.54) is 11.2 Å². The summed E-state index contributed by atoms with van der Waals surface area (Å²) in [5.41, 5.74) is 5.34. The molecular formula is C15H20N4O5. The van der Waals surface area contributed by atoms with Crippen LogP contribution in [0.25, 0.3) is 0 Å². The van der Waals surface area contributed by atoms with Crippen LogP contribution in [-0.2, 0) is 14.4 Å². The van der Waals surface area contributed by atoms with Gasteiger partial charge in [0, 0.05) is 32.7 Å². The highest BCUT2D eigenvalue weighted by molar-refractivity contribution is 6.36. The second-order valence-electron chi connectivity index (χ2n) is 5.31. The molecule has 2 rings (SSSR count). The molecule has 0 atom stereocenters. The van der Waals surface area contributed by atoms with Crippen molar-refractivity contribution in [1.29, 1.82) is 0 Å². The molecular weight excluding hydrogens is 316 g/mol. The van der Waals surface area contributed by atoms with Gasteiger partial charge in [0.25, 0.3) is 5.91 Å². The summed E-state index contributed by atoms with van der Waals surface area (Å²) < 4.78 is 5.06. The number of rotatable bonds is 5. The predicted octanol–water partition coefficient (Wildman–Crippen LogP) is -1.10. The van der Waals surface area contributed by atoms with Crippen molar-refractivity contribution in [2.75, 3.05) is 39.3 Å². The van der Waals surface area contributed by atoms with E-state index in [1.54, 1.807) is 17.0 Å². The van der Waals surface area contributed by atoms with Gasteiger partial charge in [0.1, 0.15) is 0 Å². The molecule has 0 unspecified atom stereocenters. The third-order valence-corrected chi connectivity index (χ3v) is 3.76. The highest BCUT2D eigenvalue weighted by Gasteiger charge is 2.31. The Morgan fingerprint density at radius 1 is 1.21 bits per heavy atom. The second-order valence-corrected chi connectivity index (χ2v) is 5.31. The van der Waals surface area contributed by atoms with Gasteiger partial charge in [-0.05, 0) is 25.1 Å². The van der Waals surface area contributed by atoms with Crippen LogP contribution >= 0.6 is 0 Å². The number of nitrogens with zero attached hydrogens (tertiary/aromatic N) is 3. The molecule has 24 heavy (non-hydrogen) atoms. The van der Waals surface area contributed by atoms with E-state index in [4.69, 9.17) is 10.2 Å². The van der Waals surface area contributed by atoms with Crippen LogP contribution < -0.4 is 5.73 Å². The van der Waals surface area contributed by atoms with Gasteiger partial charge in [-0.2, -0.15) is 0 Å². The van der Waals surface area contributed by atoms with Gasteiger partial charge in [-0.25, -0.2) is 0 Å². The Kier molecular flexibility index (Phi) is 6.07. The van der Waals surface area contributed by atoms with Crippen LogP contribution in [0.15, 0.2) is 22.8 Å². The Balaban J connectivity index is 1.89. The fraction of sp³-hybridized carbons (Fsp3) is 0.467. The van der Waals surface area contributed by atoms with Crippen LogP contribution in [0.3, 0.4) is 0 Å². The Labute approximate surface area is 138 Å². The minimum absolute atomic E-state index is 0.113. The molecule has 0 radical (unpaired) electrons. The summed E-state index contributed by atoms with van der Waals surface area (Å²) in [7, 11) is 0. The highest BCUT2D eigenvalue weighted by Crippen LogP contribution is 2.10. The van der Waals surface area contributed by atoms with E-state index in [0.717, 1.165) is 4.90 Å². The standard InChI is InChI=1S/C15H20N4O5/c16-4-2-5-19(11-20)15(23)14(22)18-8-6-17(7-9-18)13(21)12-3-1-10-24-12/h1,3,10-11H,2,4-9,16H2. The fourth-order valence-electron chi connectivity index (χ4n) is 2.39. The smallest absolute Gasteiger partial charge is 0.318 e. The van der Waals surface area contributed by atoms with Gasteiger partial charge in [0.2, 0.25) is 6.41 Å². The monoisotopic (exact) mass is 336 g/mol. The quantitative estimate of drug-likeness (QED) is 0.539. The maximum absolute atomic E-state index is 12.2. The van der Waals surface area contributed by atoms with Crippen molar-refractivity contribution in [3.05, 3.63) is 24.2 Å². The first-order valence-corrected chi connectivity index (χ1v) is 7.66. The average Bonchev–Trinajstić information content (AvgIpc) is 3.15. The SMILES string of the molecule is NCCCN(C=O)C(=O)C(=O)N1CCN(C(=O)c2ccco2)CC1. The molecule has 0 aliphatic carbocycles. The molecule has 1 fully saturated rings. The van der Waals surface area contributed by atoms with Crippen molar-refractivity contribution < 1.29 is 23.6 Å². The van der Waals surface area contributed by atoms with E-state index in [1.807, 2.05) is 0 Å². The molecule has 2 heterocycles. The van der Waals surface area contributed by atoms with Crippen molar-refractivity contribution in [1.82, 2.24) is 14.7 Å². The minimum atomic E-state index is -0.871. The van der Waals surface area contributed by atoms with Gasteiger partial charge in [0.05, 0.1) is 6.26 Å². The Morgan fingerprint density at radius 3 is 2.42 bits per heavy atom. The second kappa shape index (κ2) is 8.25. The van der Waals surface area contributed by atoms with Gasteiger partial charge in [-0.3, -0.25) is 24.1 Å². The molecule has 9 nitrogen and oxygen atoms in total. The first kappa shape index (κ1) is 17.7. The number of amides is 4. The third kappa shape index (κ3) is 3.99. The molecule has 0 spiro atoms. The lowest BCUT2D eigenvalue weighted by atomic mass is 10.2. The minimum Gasteiger partial charge on any atom is -0.459 e. The molecule has 9 heteroatoms. The zero-order valence-corrected chi connectivity index (χ0v) is 13.2. The summed E-state index contributed by atoms with van der Waals surface area (Å²) in [5.74, 6) is -1.64. The molecule has 1 saturated heterocycles. The topological polar surface area (TPSA) is 117 Å². The van der Waals surface area contributed by atoms with E-state index in [-0.39, 0.29) is 31.3 Å². The lowest BCUT2D eigenvalue weighted by Gasteiger charge is -2.34. The molecule has 1 aliphatic heterocycles. The van der Waals surface area contributed by atoms with E-state index in [0.29, 0.717) is 32.5 Å². The lowest BCUT2D eigenvalue weighted by Crippen LogP contribution is -2.54. The van der Waals surface area contributed by atoms with E-state index < -0.39 is 11.8 Å². The maximum Gasteiger partial charge on any atom is 0.318 e. The first-order valence-electron chi connectivity index (χ1n) is 7.66. The van der Waals surface area contributed by atoms with Gasteiger partial charge in [-0.1, -0.05) is 0 Å². The zero-order valence-electron chi connectivity index (χ0n) is 13.2. The van der Waals surface area contributed by atoms with Crippen LogP contribution in [-0.4, -0.2) is 78.1 Å². The Hall–Kier alpha value is -2.68. The Morgan fingerprint density at radius 2 is 1.88 bits per heavy atom. The number of furan rings is 1. The number of nitrogens with two attached hydrogens (primary N) is 1. The highest BCUT2D eigenvalue weighted by atomic mass is 16.3. The normalized spacial score (nSPS) is 14.4. The average molecular weight is 336 g/mol. The Bertz CT molecular complexity index is 593. The summed E-state index contributed by atoms with van der Waals surface area (Å²) in [6.45, 7) is 1.47. The molecule has 0 saturated carbocycles. The van der Waals surface area contributed by atoms with E-state index >= 15 is 0 Å². The van der Waals surface area contributed by atoms with Gasteiger partial charge in [-0.15, -0.1) is 0 Å². The molecule has 1 aromatic heterocycles. The summed E-state index contributed by atoms with van der Waals surface area (Å²) in [5, 5.41) is 0. The number of hydrogen-bond acceptors (Lipinski definition) is 6. The maximum atomic E-state index is 12.2. The lowest BCUT2D eigenvalue weighted by molar-refractivity contribution is -0.154. The number of carbonyl (C=O) groups excluding carboxylic acids is 4. The molecule has 1 aromatic rings. The van der Waals surface area contributed by atoms with Crippen molar-refractivity contribution in [2.45, 2.75) is 6.42 Å². The fourth-order valence-corrected chi connectivity index (χ4v) is 2.39. The third-order valence-electron chi connectivity index (χ3n) is 3.76. The van der Waals surface area contributed by atoms with E-state index in [9.17, 15) is 19.2 Å². The van der Waals surface area contributed by atoms with Crippen molar-refractivity contribution in [2.24, 2.45) is 5.73 Å². The summed E-state index contributed by atoms with van der Waals surface area (Å²) in [4.78, 5) is 51.0. The van der Waals surface area contributed by atoms with Crippen molar-refractivity contribution in [3.63, 3.8) is 0 Å². The zero-order chi connectivity index (χ0) is 17.5. The van der Waals surface area contributed by atoms with Crippen LogP contribution in [0.2, 0.25) is 0 Å². The van der Waals surface area contributed by atoms with Crippen molar-refractivity contribution in [3.8, 4) is 0 Å². The number of carbonyl (C=O) groups is 4. The largest absolute Gasteiger partial charge is 0.459 e.